The molecule has 32 heavy (non-hydrogen) atoms. The summed E-state index contributed by atoms with van der Waals surface area (Å²) >= 11 is 6.07. The number of ether oxygens (including phenoxy) is 1. The third kappa shape index (κ3) is 3.85. The smallest absolute Gasteiger partial charge is 0.261 e. The average Bonchev–Trinajstić information content (AvgIpc) is 3.29. The van der Waals surface area contributed by atoms with Crippen molar-refractivity contribution in [2.75, 3.05) is 17.1 Å². The van der Waals surface area contributed by atoms with E-state index in [4.69, 9.17) is 16.3 Å². The number of allylic oxidation sites excluding steroid dienone is 2. The summed E-state index contributed by atoms with van der Waals surface area (Å²) in [6.45, 7) is 0. The van der Waals surface area contributed by atoms with Crippen molar-refractivity contribution in [2.45, 2.75) is 23.3 Å². The third-order valence-corrected chi connectivity index (χ3v) is 7.85. The molecular weight excluding hydrogens is 444 g/mol. The Kier molecular flexibility index (Phi) is 5.35. The molecule has 0 saturated heterocycles. The van der Waals surface area contributed by atoms with Gasteiger partial charge in [0, 0.05) is 22.3 Å². The molecule has 0 spiro atoms. The first-order valence-corrected chi connectivity index (χ1v) is 12.3. The van der Waals surface area contributed by atoms with Gasteiger partial charge in [-0.15, -0.1) is 0 Å². The van der Waals surface area contributed by atoms with E-state index >= 15 is 0 Å². The van der Waals surface area contributed by atoms with Gasteiger partial charge in [0.15, 0.2) is 0 Å². The predicted octanol–water partition coefficient (Wildman–Crippen LogP) is 5.98. The number of fused-ring (bicyclic) bond motifs is 3. The van der Waals surface area contributed by atoms with E-state index < -0.39 is 10.0 Å². The maximum Gasteiger partial charge on any atom is 0.261 e. The monoisotopic (exact) mass is 466 g/mol. The Labute approximate surface area is 193 Å². The zero-order valence-electron chi connectivity index (χ0n) is 17.5. The lowest BCUT2D eigenvalue weighted by atomic mass is 9.77. The first kappa shape index (κ1) is 20.9. The fraction of sp³-hybridized carbons (Fsp3) is 0.200. The summed E-state index contributed by atoms with van der Waals surface area (Å²) in [5, 5.41) is 4.35. The van der Waals surface area contributed by atoms with Crippen molar-refractivity contribution in [3.05, 3.63) is 95.0 Å². The molecule has 0 saturated carbocycles. The van der Waals surface area contributed by atoms with Gasteiger partial charge in [0.2, 0.25) is 0 Å². The molecule has 0 unspecified atom stereocenters. The van der Waals surface area contributed by atoms with Crippen molar-refractivity contribution in [1.82, 2.24) is 0 Å². The summed E-state index contributed by atoms with van der Waals surface area (Å²) in [7, 11) is -2.15. The standard InChI is InChI=1S/C25H23ClN2O3S/c1-31-19-11-9-18(10-12-19)28-32(29,30)20-13-14-24-23(15-20)21-3-2-4-22(21)25(27-24)16-5-7-17(26)8-6-16/h2-3,5-15,21-22,25,27-28H,4H2,1H3/t21-,22+,25+/m0/s1. The first-order valence-electron chi connectivity index (χ1n) is 10.4. The second-order valence-electron chi connectivity index (χ2n) is 8.11. The van der Waals surface area contributed by atoms with E-state index in [9.17, 15) is 8.42 Å². The van der Waals surface area contributed by atoms with Gasteiger partial charge in [0.25, 0.3) is 10.0 Å². The van der Waals surface area contributed by atoms with Crippen LogP contribution in [0.3, 0.4) is 0 Å². The summed E-state index contributed by atoms with van der Waals surface area (Å²) in [4.78, 5) is 0.248. The summed E-state index contributed by atoms with van der Waals surface area (Å²) in [5.74, 6) is 1.14. The van der Waals surface area contributed by atoms with E-state index in [2.05, 4.69) is 34.3 Å². The van der Waals surface area contributed by atoms with Crippen LogP contribution in [-0.4, -0.2) is 15.5 Å². The minimum Gasteiger partial charge on any atom is -0.497 e. The Morgan fingerprint density at radius 1 is 1.03 bits per heavy atom. The lowest BCUT2D eigenvalue weighted by Crippen LogP contribution is -2.29. The molecule has 5 rings (SSSR count). The molecule has 5 nitrogen and oxygen atoms in total. The van der Waals surface area contributed by atoms with Crippen molar-refractivity contribution in [3.8, 4) is 5.75 Å². The highest BCUT2D eigenvalue weighted by Crippen LogP contribution is 2.50. The third-order valence-electron chi connectivity index (χ3n) is 6.22. The number of methoxy groups -OCH3 is 1. The summed E-state index contributed by atoms with van der Waals surface area (Å²) in [5.41, 5.74) is 3.63. The van der Waals surface area contributed by atoms with Crippen molar-refractivity contribution in [3.63, 3.8) is 0 Å². The predicted molar refractivity (Wildman–Crippen MR) is 128 cm³/mol. The lowest BCUT2D eigenvalue weighted by molar-refractivity contribution is 0.415. The number of anilines is 2. The van der Waals surface area contributed by atoms with Crippen LogP contribution < -0.4 is 14.8 Å². The molecule has 0 amide bonds. The molecule has 3 aromatic rings. The molecule has 3 aromatic carbocycles. The highest BCUT2D eigenvalue weighted by Gasteiger charge is 2.38. The zero-order chi connectivity index (χ0) is 22.3. The zero-order valence-corrected chi connectivity index (χ0v) is 19.0. The molecule has 1 aliphatic heterocycles. The van der Waals surface area contributed by atoms with Crippen molar-refractivity contribution in [1.29, 1.82) is 0 Å². The molecule has 0 fully saturated rings. The van der Waals surface area contributed by atoms with Gasteiger partial charge in [-0.05, 0) is 78.1 Å². The van der Waals surface area contributed by atoms with Gasteiger partial charge in [-0.2, -0.15) is 0 Å². The van der Waals surface area contributed by atoms with E-state index in [1.54, 1.807) is 43.5 Å². The van der Waals surface area contributed by atoms with E-state index in [-0.39, 0.29) is 16.9 Å². The largest absolute Gasteiger partial charge is 0.497 e. The second-order valence-corrected chi connectivity index (χ2v) is 10.2. The number of rotatable bonds is 5. The maximum absolute atomic E-state index is 13.1. The van der Waals surface area contributed by atoms with E-state index in [1.165, 1.54) is 5.56 Å². The molecule has 0 bridgehead atoms. The quantitative estimate of drug-likeness (QED) is 0.454. The number of sulfonamides is 1. The van der Waals surface area contributed by atoms with Crippen molar-refractivity contribution in [2.24, 2.45) is 5.92 Å². The molecule has 3 atom stereocenters. The number of halogens is 1. The van der Waals surface area contributed by atoms with Crippen molar-refractivity contribution >= 4 is 33.0 Å². The normalized spacial score (nSPS) is 21.4. The van der Waals surface area contributed by atoms with Crippen LogP contribution in [-0.2, 0) is 10.0 Å². The molecule has 2 N–H and O–H groups in total. The number of nitrogens with one attached hydrogen (secondary N) is 2. The van der Waals surface area contributed by atoms with Crippen LogP contribution in [0.5, 0.6) is 5.75 Å². The van der Waals surface area contributed by atoms with Gasteiger partial charge in [-0.1, -0.05) is 35.9 Å². The number of hydrogen-bond acceptors (Lipinski definition) is 4. The van der Waals surface area contributed by atoms with Gasteiger partial charge in [-0.25, -0.2) is 8.42 Å². The van der Waals surface area contributed by atoms with Crippen LogP contribution in [0.25, 0.3) is 0 Å². The molecule has 0 radical (unpaired) electrons. The Morgan fingerprint density at radius 3 is 2.50 bits per heavy atom. The first-order chi connectivity index (χ1) is 15.4. The maximum atomic E-state index is 13.1. The fourth-order valence-corrected chi connectivity index (χ4v) is 5.83. The molecule has 7 heteroatoms. The highest BCUT2D eigenvalue weighted by atomic mass is 35.5. The van der Waals surface area contributed by atoms with Gasteiger partial charge in [0.05, 0.1) is 18.0 Å². The van der Waals surface area contributed by atoms with E-state index in [0.29, 0.717) is 22.4 Å². The molecule has 1 aliphatic carbocycles. The summed E-state index contributed by atoms with van der Waals surface area (Å²) in [6, 6.07) is 20.2. The summed E-state index contributed by atoms with van der Waals surface area (Å²) in [6.07, 6.45) is 5.32. The van der Waals surface area contributed by atoms with Gasteiger partial charge in [0.1, 0.15) is 5.75 Å². The highest BCUT2D eigenvalue weighted by molar-refractivity contribution is 7.92. The van der Waals surface area contributed by atoms with Gasteiger partial charge >= 0.3 is 0 Å². The number of hydrogen-bond donors (Lipinski definition) is 2. The Morgan fingerprint density at radius 2 is 1.78 bits per heavy atom. The summed E-state index contributed by atoms with van der Waals surface area (Å²) < 4.78 is 33.9. The van der Waals surface area contributed by atoms with Gasteiger partial charge < -0.3 is 10.1 Å². The van der Waals surface area contributed by atoms with Crippen LogP contribution in [0.15, 0.2) is 83.8 Å². The van der Waals surface area contributed by atoms with Gasteiger partial charge in [-0.3, -0.25) is 4.72 Å². The second kappa shape index (κ2) is 8.19. The van der Waals surface area contributed by atoms with Crippen LogP contribution in [0.1, 0.15) is 29.5 Å². The Hall–Kier alpha value is -2.96. The van der Waals surface area contributed by atoms with E-state index in [1.807, 2.05) is 18.2 Å². The minimum atomic E-state index is -3.72. The lowest BCUT2D eigenvalue weighted by Gasteiger charge is -2.37. The van der Waals surface area contributed by atoms with Crippen molar-refractivity contribution < 1.29 is 13.2 Å². The van der Waals surface area contributed by atoms with Crippen LogP contribution in [0, 0.1) is 5.92 Å². The fourth-order valence-electron chi connectivity index (χ4n) is 4.61. The number of benzene rings is 3. The molecule has 1 heterocycles. The minimum absolute atomic E-state index is 0.139. The van der Waals surface area contributed by atoms with E-state index in [0.717, 1.165) is 17.7 Å². The Balaban J connectivity index is 1.46. The molecule has 164 valence electrons. The topological polar surface area (TPSA) is 67.4 Å². The Bertz CT molecular complexity index is 1270. The molecular formula is C25H23ClN2O3S. The SMILES string of the molecule is COc1ccc(NS(=O)(=O)c2ccc3c(c2)[C@H]2C=CC[C@H]2[C@@H](c2ccc(Cl)cc2)N3)cc1. The van der Waals surface area contributed by atoms with Crippen LogP contribution >= 0.6 is 11.6 Å². The molecule has 2 aliphatic rings. The molecule has 0 aromatic heterocycles. The van der Waals surface area contributed by atoms with Crippen LogP contribution in [0.4, 0.5) is 11.4 Å². The average molecular weight is 467 g/mol. The van der Waals surface area contributed by atoms with Crippen LogP contribution in [0.2, 0.25) is 5.02 Å².